The molecule has 1 fully saturated rings. The molecule has 0 aromatic carbocycles. The summed E-state index contributed by atoms with van der Waals surface area (Å²) in [5.41, 5.74) is 0.562. The molecular weight excluding hydrogens is 320 g/mol. The second kappa shape index (κ2) is 7.52. The van der Waals surface area contributed by atoms with Crippen LogP contribution >= 0.6 is 0 Å². The number of hydrogen-bond acceptors (Lipinski definition) is 4. The van der Waals surface area contributed by atoms with Gasteiger partial charge in [0.2, 0.25) is 5.91 Å². The van der Waals surface area contributed by atoms with Crippen LogP contribution in [0.15, 0.2) is 30.7 Å². The van der Waals surface area contributed by atoms with Crippen LogP contribution in [0.5, 0.6) is 0 Å². The minimum atomic E-state index is -0.110. The Bertz CT molecular complexity index is 728. The Balaban J connectivity index is 1.60. The molecule has 0 atom stereocenters. The van der Waals surface area contributed by atoms with Gasteiger partial charge >= 0.3 is 0 Å². The van der Waals surface area contributed by atoms with Crippen molar-refractivity contribution in [1.82, 2.24) is 29.9 Å². The Morgan fingerprint density at radius 3 is 2.56 bits per heavy atom. The molecule has 8 nitrogen and oxygen atoms in total. The average Bonchev–Trinajstić information content (AvgIpc) is 3.25. The van der Waals surface area contributed by atoms with E-state index in [4.69, 9.17) is 0 Å². The smallest absolute Gasteiger partial charge is 0.256 e. The standard InChI is InChI=1S/C17H24N6O2/c1-18-15(24)12-22-9-5-13(6-10-22)20-16(25)14-11-19-21(2)17(14)23-7-3-4-8-23/h3-4,7-8,11,13H,5-6,9-10,12H2,1-2H3,(H,18,24)(H,20,25). The van der Waals surface area contributed by atoms with Crippen molar-refractivity contribution in [2.45, 2.75) is 18.9 Å². The lowest BCUT2D eigenvalue weighted by atomic mass is 10.0. The summed E-state index contributed by atoms with van der Waals surface area (Å²) in [5.74, 6) is 0.662. The van der Waals surface area contributed by atoms with E-state index < -0.39 is 0 Å². The second-order valence-corrected chi connectivity index (χ2v) is 6.29. The third kappa shape index (κ3) is 3.90. The van der Waals surface area contributed by atoms with E-state index >= 15 is 0 Å². The van der Waals surface area contributed by atoms with E-state index in [9.17, 15) is 9.59 Å². The highest BCUT2D eigenvalue weighted by Crippen LogP contribution is 2.16. The quantitative estimate of drug-likeness (QED) is 0.809. The highest BCUT2D eigenvalue weighted by Gasteiger charge is 2.24. The SMILES string of the molecule is CNC(=O)CN1CCC(NC(=O)c2cnn(C)c2-n2cccc2)CC1. The van der Waals surface area contributed by atoms with Gasteiger partial charge in [-0.2, -0.15) is 5.10 Å². The van der Waals surface area contributed by atoms with E-state index in [1.807, 2.05) is 36.1 Å². The topological polar surface area (TPSA) is 84.2 Å². The van der Waals surface area contributed by atoms with Crippen molar-refractivity contribution in [1.29, 1.82) is 0 Å². The lowest BCUT2D eigenvalue weighted by Gasteiger charge is -2.31. The molecule has 2 amide bonds. The molecule has 1 aliphatic rings. The van der Waals surface area contributed by atoms with Gasteiger partial charge in [-0.05, 0) is 25.0 Å². The van der Waals surface area contributed by atoms with Gasteiger partial charge in [-0.15, -0.1) is 0 Å². The highest BCUT2D eigenvalue weighted by atomic mass is 16.2. The molecule has 1 saturated heterocycles. The summed E-state index contributed by atoms with van der Waals surface area (Å²) in [6.07, 6.45) is 7.06. The van der Waals surface area contributed by atoms with E-state index in [1.165, 1.54) is 0 Å². The summed E-state index contributed by atoms with van der Waals surface area (Å²) in [5, 5.41) is 9.97. The van der Waals surface area contributed by atoms with Crippen molar-refractivity contribution in [3.8, 4) is 5.82 Å². The molecule has 0 spiro atoms. The molecule has 3 heterocycles. The van der Waals surface area contributed by atoms with Crippen molar-refractivity contribution < 1.29 is 9.59 Å². The molecule has 0 radical (unpaired) electrons. The molecule has 0 saturated carbocycles. The van der Waals surface area contributed by atoms with E-state index in [2.05, 4.69) is 20.6 Å². The third-order valence-corrected chi connectivity index (χ3v) is 4.57. The van der Waals surface area contributed by atoms with Crippen molar-refractivity contribution in [2.24, 2.45) is 7.05 Å². The number of aryl methyl sites for hydroxylation is 1. The van der Waals surface area contributed by atoms with Gasteiger partial charge in [-0.3, -0.25) is 19.2 Å². The van der Waals surface area contributed by atoms with E-state index in [1.54, 1.807) is 17.9 Å². The van der Waals surface area contributed by atoms with Crippen molar-refractivity contribution in [2.75, 3.05) is 26.7 Å². The number of likely N-dealkylation sites (tertiary alicyclic amines) is 1. The van der Waals surface area contributed by atoms with Crippen LogP contribution < -0.4 is 10.6 Å². The average molecular weight is 344 g/mol. The normalized spacial score (nSPS) is 15.9. The summed E-state index contributed by atoms with van der Waals surface area (Å²) in [6, 6.07) is 3.94. The molecule has 3 rings (SSSR count). The van der Waals surface area contributed by atoms with Crippen molar-refractivity contribution in [3.63, 3.8) is 0 Å². The molecule has 8 heteroatoms. The summed E-state index contributed by atoms with van der Waals surface area (Å²) in [6.45, 7) is 2.02. The van der Waals surface area contributed by atoms with E-state index in [0.717, 1.165) is 31.7 Å². The summed E-state index contributed by atoms with van der Waals surface area (Å²) in [4.78, 5) is 26.2. The molecule has 0 aliphatic carbocycles. The number of nitrogens with zero attached hydrogens (tertiary/aromatic N) is 4. The lowest BCUT2D eigenvalue weighted by molar-refractivity contribution is -0.122. The Hall–Kier alpha value is -2.61. The molecule has 0 unspecified atom stereocenters. The molecule has 1 aliphatic heterocycles. The fourth-order valence-electron chi connectivity index (χ4n) is 3.15. The lowest BCUT2D eigenvalue weighted by Crippen LogP contribution is -2.47. The number of piperidine rings is 1. The molecule has 0 bridgehead atoms. The Labute approximate surface area is 146 Å². The zero-order chi connectivity index (χ0) is 17.8. The van der Waals surface area contributed by atoms with Crippen LogP contribution in [0.4, 0.5) is 0 Å². The number of amides is 2. The van der Waals surface area contributed by atoms with Crippen LogP contribution in [0.3, 0.4) is 0 Å². The zero-order valence-corrected chi connectivity index (χ0v) is 14.6. The number of hydrogen-bond donors (Lipinski definition) is 2. The number of likely N-dealkylation sites (N-methyl/N-ethyl adjacent to an activating group) is 1. The monoisotopic (exact) mass is 344 g/mol. The van der Waals surface area contributed by atoms with Crippen LogP contribution in [-0.4, -0.2) is 63.8 Å². The maximum absolute atomic E-state index is 12.7. The van der Waals surface area contributed by atoms with Gasteiger partial charge in [0.05, 0.1) is 12.7 Å². The minimum Gasteiger partial charge on any atom is -0.358 e. The Morgan fingerprint density at radius 2 is 1.92 bits per heavy atom. The fourth-order valence-corrected chi connectivity index (χ4v) is 3.15. The predicted octanol–water partition coefficient (Wildman–Crippen LogP) is 0.151. The van der Waals surface area contributed by atoms with E-state index in [0.29, 0.717) is 12.1 Å². The molecule has 134 valence electrons. The molecular formula is C17H24N6O2. The number of nitrogens with one attached hydrogen (secondary N) is 2. The van der Waals surface area contributed by atoms with Gasteiger partial charge in [0.25, 0.3) is 5.91 Å². The first-order valence-corrected chi connectivity index (χ1v) is 8.47. The van der Waals surface area contributed by atoms with Crippen LogP contribution in [0, 0.1) is 0 Å². The van der Waals surface area contributed by atoms with Gasteiger partial charge in [0.1, 0.15) is 11.4 Å². The minimum absolute atomic E-state index is 0.0224. The maximum atomic E-state index is 12.7. The first-order valence-electron chi connectivity index (χ1n) is 8.47. The van der Waals surface area contributed by atoms with Crippen LogP contribution in [-0.2, 0) is 11.8 Å². The number of rotatable bonds is 5. The largest absolute Gasteiger partial charge is 0.358 e. The van der Waals surface area contributed by atoms with Gasteiger partial charge < -0.3 is 15.2 Å². The zero-order valence-electron chi connectivity index (χ0n) is 14.6. The number of aromatic nitrogens is 3. The fraction of sp³-hybridized carbons (Fsp3) is 0.471. The predicted molar refractivity (Wildman–Crippen MR) is 93.5 cm³/mol. The van der Waals surface area contributed by atoms with Gasteiger partial charge in [-0.25, -0.2) is 0 Å². The molecule has 2 aromatic rings. The molecule has 2 N–H and O–H groups in total. The Kier molecular flexibility index (Phi) is 5.18. The number of carbonyl (C=O) groups is 2. The first kappa shape index (κ1) is 17.2. The summed E-state index contributed by atoms with van der Waals surface area (Å²) in [7, 11) is 3.47. The Morgan fingerprint density at radius 1 is 1.24 bits per heavy atom. The van der Waals surface area contributed by atoms with Crippen LogP contribution in [0.1, 0.15) is 23.2 Å². The van der Waals surface area contributed by atoms with E-state index in [-0.39, 0.29) is 17.9 Å². The summed E-state index contributed by atoms with van der Waals surface area (Å²) >= 11 is 0. The summed E-state index contributed by atoms with van der Waals surface area (Å²) < 4.78 is 3.58. The van der Waals surface area contributed by atoms with Gasteiger partial charge in [0.15, 0.2) is 0 Å². The van der Waals surface area contributed by atoms with Gasteiger partial charge in [0, 0.05) is 45.6 Å². The molecule has 25 heavy (non-hydrogen) atoms. The van der Waals surface area contributed by atoms with Crippen molar-refractivity contribution in [3.05, 3.63) is 36.3 Å². The highest BCUT2D eigenvalue weighted by molar-refractivity contribution is 5.97. The van der Waals surface area contributed by atoms with Crippen LogP contribution in [0.2, 0.25) is 0 Å². The first-order chi connectivity index (χ1) is 12.1. The molecule has 2 aromatic heterocycles. The maximum Gasteiger partial charge on any atom is 0.256 e. The van der Waals surface area contributed by atoms with Gasteiger partial charge in [-0.1, -0.05) is 0 Å². The third-order valence-electron chi connectivity index (χ3n) is 4.57. The number of carbonyl (C=O) groups excluding carboxylic acids is 2. The second-order valence-electron chi connectivity index (χ2n) is 6.29. The van der Waals surface area contributed by atoms with Crippen molar-refractivity contribution >= 4 is 11.8 Å². The van der Waals surface area contributed by atoms with Crippen LogP contribution in [0.25, 0.3) is 5.82 Å².